The van der Waals surface area contributed by atoms with Crippen LogP contribution in [0, 0.1) is 12.8 Å². The van der Waals surface area contributed by atoms with Crippen molar-refractivity contribution in [2.45, 2.75) is 39.2 Å². The maximum Gasteiger partial charge on any atom is 0.126 e. The Morgan fingerprint density at radius 2 is 2.07 bits per heavy atom. The number of anilines is 1. The lowest BCUT2D eigenvalue weighted by Gasteiger charge is -2.27. The Balaban J connectivity index is 2.13. The second kappa shape index (κ2) is 3.78. The Morgan fingerprint density at radius 1 is 1.40 bits per heavy atom. The minimum Gasteiger partial charge on any atom is -0.365 e. The third-order valence-electron chi connectivity index (χ3n) is 3.07. The van der Waals surface area contributed by atoms with E-state index in [9.17, 15) is 0 Å². The number of hydrogen-bond acceptors (Lipinski definition) is 2. The predicted molar refractivity (Wildman–Crippen MR) is 67.1 cm³/mol. The number of rotatable bonds is 3. The molecule has 1 aliphatic carbocycles. The lowest BCUT2D eigenvalue weighted by molar-refractivity contribution is 0.492. The molecule has 0 amide bonds. The molecule has 0 radical (unpaired) electrons. The van der Waals surface area contributed by atoms with Crippen LogP contribution in [-0.4, -0.2) is 10.5 Å². The van der Waals surface area contributed by atoms with E-state index in [1.54, 1.807) is 0 Å². The molecule has 15 heavy (non-hydrogen) atoms. The highest BCUT2D eigenvalue weighted by molar-refractivity contribution is 9.10. The standard InChI is InChI=1S/C12H17BrN2/c1-8-10(13)6-7-11(14-8)15-12(2,3)9-4-5-9/h6-7,9H,4-5H2,1-3H3,(H,14,15). The first-order valence-corrected chi connectivity index (χ1v) is 6.20. The molecular formula is C12H17BrN2. The van der Waals surface area contributed by atoms with E-state index in [-0.39, 0.29) is 5.54 Å². The molecule has 1 heterocycles. The highest BCUT2D eigenvalue weighted by atomic mass is 79.9. The van der Waals surface area contributed by atoms with Crippen molar-refractivity contribution in [3.8, 4) is 0 Å². The molecule has 1 aromatic rings. The third kappa shape index (κ3) is 2.51. The van der Waals surface area contributed by atoms with Crippen LogP contribution in [0.3, 0.4) is 0 Å². The molecule has 0 aliphatic heterocycles. The van der Waals surface area contributed by atoms with Crippen molar-refractivity contribution < 1.29 is 0 Å². The van der Waals surface area contributed by atoms with E-state index < -0.39 is 0 Å². The Kier molecular flexibility index (Phi) is 2.75. The zero-order valence-corrected chi connectivity index (χ0v) is 11.1. The number of aromatic nitrogens is 1. The van der Waals surface area contributed by atoms with Gasteiger partial charge in [-0.15, -0.1) is 0 Å². The van der Waals surface area contributed by atoms with E-state index in [0.717, 1.165) is 21.9 Å². The number of nitrogens with one attached hydrogen (secondary N) is 1. The van der Waals surface area contributed by atoms with Crippen molar-refractivity contribution in [2.24, 2.45) is 5.92 Å². The summed E-state index contributed by atoms with van der Waals surface area (Å²) < 4.78 is 1.07. The molecule has 2 rings (SSSR count). The third-order valence-corrected chi connectivity index (χ3v) is 3.91. The molecule has 0 spiro atoms. The van der Waals surface area contributed by atoms with E-state index in [1.807, 2.05) is 19.1 Å². The molecule has 2 nitrogen and oxygen atoms in total. The number of aryl methyl sites for hydroxylation is 1. The fourth-order valence-corrected chi connectivity index (χ4v) is 2.07. The first kappa shape index (κ1) is 10.9. The molecule has 0 atom stereocenters. The normalized spacial score (nSPS) is 16.5. The van der Waals surface area contributed by atoms with Crippen LogP contribution in [0.2, 0.25) is 0 Å². The molecule has 1 aliphatic rings. The smallest absolute Gasteiger partial charge is 0.126 e. The summed E-state index contributed by atoms with van der Waals surface area (Å²) in [4.78, 5) is 4.51. The molecular weight excluding hydrogens is 252 g/mol. The topological polar surface area (TPSA) is 24.9 Å². The van der Waals surface area contributed by atoms with Crippen molar-refractivity contribution in [1.82, 2.24) is 4.98 Å². The van der Waals surface area contributed by atoms with Crippen LogP contribution in [0.4, 0.5) is 5.82 Å². The van der Waals surface area contributed by atoms with Crippen molar-refractivity contribution in [3.05, 3.63) is 22.3 Å². The summed E-state index contributed by atoms with van der Waals surface area (Å²) in [5.74, 6) is 1.79. The molecule has 82 valence electrons. The van der Waals surface area contributed by atoms with Crippen molar-refractivity contribution in [3.63, 3.8) is 0 Å². The predicted octanol–water partition coefficient (Wildman–Crippen LogP) is 3.75. The Bertz CT molecular complexity index is 370. The number of pyridine rings is 1. The zero-order chi connectivity index (χ0) is 11.1. The van der Waals surface area contributed by atoms with Gasteiger partial charge in [-0.1, -0.05) is 0 Å². The molecule has 0 aromatic carbocycles. The first-order chi connectivity index (χ1) is 6.99. The van der Waals surface area contributed by atoms with Crippen LogP contribution >= 0.6 is 15.9 Å². The van der Waals surface area contributed by atoms with Crippen molar-refractivity contribution in [1.29, 1.82) is 0 Å². The second-order valence-electron chi connectivity index (χ2n) is 4.88. The highest BCUT2D eigenvalue weighted by Crippen LogP contribution is 2.40. The van der Waals surface area contributed by atoms with Gasteiger partial charge < -0.3 is 5.32 Å². The molecule has 3 heteroatoms. The summed E-state index contributed by atoms with van der Waals surface area (Å²) >= 11 is 3.46. The monoisotopic (exact) mass is 268 g/mol. The maximum absolute atomic E-state index is 4.51. The molecule has 0 saturated heterocycles. The zero-order valence-electron chi connectivity index (χ0n) is 9.47. The highest BCUT2D eigenvalue weighted by Gasteiger charge is 2.37. The average molecular weight is 269 g/mol. The summed E-state index contributed by atoms with van der Waals surface area (Å²) in [6, 6.07) is 4.08. The van der Waals surface area contributed by atoms with E-state index in [1.165, 1.54) is 12.8 Å². The summed E-state index contributed by atoms with van der Waals surface area (Å²) in [6.07, 6.45) is 2.69. The Morgan fingerprint density at radius 3 is 2.60 bits per heavy atom. The van der Waals surface area contributed by atoms with Gasteiger partial charge in [0.05, 0.1) is 5.69 Å². The fraction of sp³-hybridized carbons (Fsp3) is 0.583. The van der Waals surface area contributed by atoms with Gasteiger partial charge in [0.2, 0.25) is 0 Å². The van der Waals surface area contributed by atoms with Crippen LogP contribution in [0.15, 0.2) is 16.6 Å². The van der Waals surface area contributed by atoms with Gasteiger partial charge in [0.15, 0.2) is 0 Å². The van der Waals surface area contributed by atoms with Gasteiger partial charge in [0, 0.05) is 10.0 Å². The second-order valence-corrected chi connectivity index (χ2v) is 5.74. The van der Waals surface area contributed by atoms with Gasteiger partial charge in [-0.05, 0) is 67.6 Å². The number of nitrogens with zero attached hydrogens (tertiary/aromatic N) is 1. The van der Waals surface area contributed by atoms with Gasteiger partial charge in [0.25, 0.3) is 0 Å². The molecule has 1 fully saturated rings. The van der Waals surface area contributed by atoms with E-state index in [4.69, 9.17) is 0 Å². The van der Waals surface area contributed by atoms with E-state index in [0.29, 0.717) is 0 Å². The van der Waals surface area contributed by atoms with Gasteiger partial charge in [-0.25, -0.2) is 4.98 Å². The molecule has 1 aromatic heterocycles. The maximum atomic E-state index is 4.51. The van der Waals surface area contributed by atoms with Crippen LogP contribution in [0.25, 0.3) is 0 Å². The van der Waals surface area contributed by atoms with E-state index >= 15 is 0 Å². The van der Waals surface area contributed by atoms with E-state index in [2.05, 4.69) is 40.1 Å². The Labute approximate surface area is 99.6 Å². The largest absolute Gasteiger partial charge is 0.365 e. The lowest BCUT2D eigenvalue weighted by atomic mass is 9.99. The van der Waals surface area contributed by atoms with Gasteiger partial charge >= 0.3 is 0 Å². The van der Waals surface area contributed by atoms with Gasteiger partial charge in [0.1, 0.15) is 5.82 Å². The van der Waals surface area contributed by atoms with Gasteiger partial charge in [-0.2, -0.15) is 0 Å². The minimum absolute atomic E-state index is 0.174. The number of halogens is 1. The molecule has 1 saturated carbocycles. The van der Waals surface area contributed by atoms with Crippen LogP contribution < -0.4 is 5.32 Å². The minimum atomic E-state index is 0.174. The fourth-order valence-electron chi connectivity index (χ4n) is 1.85. The van der Waals surface area contributed by atoms with Crippen LogP contribution in [0.1, 0.15) is 32.4 Å². The summed E-state index contributed by atoms with van der Waals surface area (Å²) in [5.41, 5.74) is 1.21. The van der Waals surface area contributed by atoms with Crippen molar-refractivity contribution >= 4 is 21.7 Å². The summed E-state index contributed by atoms with van der Waals surface area (Å²) in [6.45, 7) is 6.52. The first-order valence-electron chi connectivity index (χ1n) is 5.40. The molecule has 0 unspecified atom stereocenters. The summed E-state index contributed by atoms with van der Waals surface area (Å²) in [5, 5.41) is 3.52. The van der Waals surface area contributed by atoms with Crippen LogP contribution in [-0.2, 0) is 0 Å². The molecule has 1 N–H and O–H groups in total. The van der Waals surface area contributed by atoms with Gasteiger partial charge in [-0.3, -0.25) is 0 Å². The quantitative estimate of drug-likeness (QED) is 0.903. The van der Waals surface area contributed by atoms with Crippen molar-refractivity contribution in [2.75, 3.05) is 5.32 Å². The Hall–Kier alpha value is -0.570. The average Bonchev–Trinajstić information content (AvgIpc) is 2.93. The SMILES string of the molecule is Cc1nc(NC(C)(C)C2CC2)ccc1Br. The number of hydrogen-bond donors (Lipinski definition) is 1. The molecule has 0 bridgehead atoms. The van der Waals surface area contributed by atoms with Crippen LogP contribution in [0.5, 0.6) is 0 Å². The lowest BCUT2D eigenvalue weighted by Crippen LogP contribution is -2.33. The summed E-state index contributed by atoms with van der Waals surface area (Å²) in [7, 11) is 0.